The molecule has 0 aliphatic carbocycles. The normalized spacial score (nSPS) is 11.9. The van der Waals surface area contributed by atoms with Gasteiger partial charge in [-0.2, -0.15) is 0 Å². The van der Waals surface area contributed by atoms with Gasteiger partial charge in [0, 0.05) is 18.4 Å². The number of nitrogens with one attached hydrogen (secondary N) is 1. The minimum Gasteiger partial charge on any atom is -0.351 e. The fraction of sp³-hybridized carbons (Fsp3) is 0.263. The van der Waals surface area contributed by atoms with Crippen LogP contribution < -0.4 is 5.32 Å². The monoisotopic (exact) mass is 552 g/mol. The van der Waals surface area contributed by atoms with Crippen LogP contribution >= 0.6 is 0 Å². The average molecular weight is 553 g/mol. The maximum Gasteiger partial charge on any atom is 0.156 e. The fourth-order valence-electron chi connectivity index (χ4n) is 6.21. The lowest BCUT2D eigenvalue weighted by Gasteiger charge is -2.37. The number of benzene rings is 4. The first-order valence-electron chi connectivity index (χ1n) is 15.3. The third-order valence-electron chi connectivity index (χ3n) is 8.14. The van der Waals surface area contributed by atoms with E-state index in [4.69, 9.17) is 9.97 Å². The second-order valence-corrected chi connectivity index (χ2v) is 11.6. The van der Waals surface area contributed by atoms with Gasteiger partial charge in [0.1, 0.15) is 16.9 Å². The summed E-state index contributed by atoms with van der Waals surface area (Å²) in [4.78, 5) is 10.7. The quantitative estimate of drug-likeness (QED) is 0.129. The molecule has 4 aromatic carbocycles. The Kier molecular flexibility index (Phi) is 8.05. The van der Waals surface area contributed by atoms with Crippen molar-refractivity contribution in [1.82, 2.24) is 14.5 Å². The van der Waals surface area contributed by atoms with Crippen LogP contribution in [0.15, 0.2) is 115 Å². The van der Waals surface area contributed by atoms with Gasteiger partial charge in [-0.05, 0) is 35.1 Å². The van der Waals surface area contributed by atoms with Gasteiger partial charge >= 0.3 is 0 Å². The van der Waals surface area contributed by atoms with Gasteiger partial charge in [-0.1, -0.05) is 143 Å². The number of hydrogen-bond acceptors (Lipinski definition) is 3. The standard InChI is InChI=1S/C38H40N4/c1-4-5-9-26-34-40-35-36(42(34)27-28(2)3)32-24-16-17-25-33(32)39-37(35)41-38(29-18-10-6-11-19-29,30-20-12-7-13-21-30)31-22-14-8-15-23-31/h6-8,10-25,28H,4-5,9,26-27H2,1-3H3,(H,39,41). The highest BCUT2D eigenvalue weighted by Gasteiger charge is 2.37. The van der Waals surface area contributed by atoms with E-state index >= 15 is 0 Å². The van der Waals surface area contributed by atoms with Gasteiger partial charge in [0.15, 0.2) is 5.82 Å². The second kappa shape index (κ2) is 12.2. The number of para-hydroxylation sites is 1. The Morgan fingerprint density at radius 2 is 1.24 bits per heavy atom. The predicted molar refractivity (Wildman–Crippen MR) is 176 cm³/mol. The molecule has 212 valence electrons. The first kappa shape index (κ1) is 27.7. The molecule has 0 amide bonds. The van der Waals surface area contributed by atoms with Crippen LogP contribution in [-0.2, 0) is 18.5 Å². The number of imidazole rings is 1. The molecule has 2 heterocycles. The van der Waals surface area contributed by atoms with E-state index in [9.17, 15) is 0 Å². The smallest absolute Gasteiger partial charge is 0.156 e. The Balaban J connectivity index is 1.66. The molecule has 0 saturated carbocycles. The van der Waals surface area contributed by atoms with E-state index in [0.29, 0.717) is 5.92 Å². The number of nitrogens with zero attached hydrogens (tertiary/aromatic N) is 3. The summed E-state index contributed by atoms with van der Waals surface area (Å²) in [6, 6.07) is 40.7. The Hall–Kier alpha value is -4.44. The van der Waals surface area contributed by atoms with Crippen LogP contribution in [0.1, 0.15) is 62.5 Å². The summed E-state index contributed by atoms with van der Waals surface area (Å²) in [5, 5.41) is 5.20. The van der Waals surface area contributed by atoms with E-state index < -0.39 is 5.54 Å². The largest absolute Gasteiger partial charge is 0.351 e. The molecular formula is C38H40N4. The fourth-order valence-corrected chi connectivity index (χ4v) is 6.21. The van der Waals surface area contributed by atoms with Crippen LogP contribution in [0.4, 0.5) is 5.82 Å². The van der Waals surface area contributed by atoms with Crippen molar-refractivity contribution in [2.45, 2.75) is 58.5 Å². The van der Waals surface area contributed by atoms with Crippen LogP contribution in [0.5, 0.6) is 0 Å². The molecule has 1 N–H and O–H groups in total. The van der Waals surface area contributed by atoms with Crippen molar-refractivity contribution in [3.63, 3.8) is 0 Å². The van der Waals surface area contributed by atoms with E-state index in [2.05, 4.69) is 146 Å². The van der Waals surface area contributed by atoms with Crippen LogP contribution in [0.25, 0.3) is 21.9 Å². The minimum atomic E-state index is -0.684. The van der Waals surface area contributed by atoms with E-state index in [-0.39, 0.29) is 0 Å². The maximum absolute atomic E-state index is 5.39. The first-order chi connectivity index (χ1) is 20.6. The van der Waals surface area contributed by atoms with Gasteiger partial charge in [-0.3, -0.25) is 0 Å². The molecule has 6 aromatic rings. The molecule has 0 spiro atoms. The minimum absolute atomic E-state index is 0.493. The van der Waals surface area contributed by atoms with Crippen molar-refractivity contribution in [3.05, 3.63) is 138 Å². The number of rotatable bonds is 11. The number of aromatic nitrogens is 3. The Morgan fingerprint density at radius 3 is 1.79 bits per heavy atom. The topological polar surface area (TPSA) is 42.7 Å². The number of anilines is 1. The van der Waals surface area contributed by atoms with Gasteiger partial charge in [0.05, 0.1) is 11.0 Å². The lowest BCUT2D eigenvalue weighted by atomic mass is 9.77. The molecule has 0 saturated heterocycles. The van der Waals surface area contributed by atoms with Gasteiger partial charge < -0.3 is 9.88 Å². The zero-order valence-corrected chi connectivity index (χ0v) is 24.9. The summed E-state index contributed by atoms with van der Waals surface area (Å²) in [6.45, 7) is 7.75. The molecule has 0 aliphatic heterocycles. The van der Waals surface area contributed by atoms with E-state index in [0.717, 1.165) is 64.1 Å². The summed E-state index contributed by atoms with van der Waals surface area (Å²) >= 11 is 0. The highest BCUT2D eigenvalue weighted by atomic mass is 15.1. The summed E-state index contributed by atoms with van der Waals surface area (Å²) < 4.78 is 2.47. The van der Waals surface area contributed by atoms with E-state index in [1.54, 1.807) is 0 Å². The van der Waals surface area contributed by atoms with Gasteiger partial charge in [0.2, 0.25) is 0 Å². The maximum atomic E-state index is 5.39. The van der Waals surface area contributed by atoms with Gasteiger partial charge in [-0.25, -0.2) is 9.97 Å². The number of aryl methyl sites for hydroxylation is 1. The Bertz CT molecular complexity index is 1660. The molecule has 0 unspecified atom stereocenters. The zero-order chi connectivity index (χ0) is 28.9. The Morgan fingerprint density at radius 1 is 0.690 bits per heavy atom. The highest BCUT2D eigenvalue weighted by Crippen LogP contribution is 2.42. The van der Waals surface area contributed by atoms with Crippen LogP contribution in [0.3, 0.4) is 0 Å². The van der Waals surface area contributed by atoms with E-state index in [1.165, 1.54) is 18.4 Å². The van der Waals surface area contributed by atoms with Crippen molar-refractivity contribution >= 4 is 27.8 Å². The van der Waals surface area contributed by atoms with Crippen molar-refractivity contribution in [3.8, 4) is 0 Å². The van der Waals surface area contributed by atoms with Crippen LogP contribution in [0.2, 0.25) is 0 Å². The number of unbranched alkanes of at least 4 members (excludes halogenated alkanes) is 2. The SMILES string of the molecule is CCCCCc1nc2c(NC(c3ccccc3)(c3ccccc3)c3ccccc3)nc3ccccc3c2n1CC(C)C. The van der Waals surface area contributed by atoms with Crippen LogP contribution in [-0.4, -0.2) is 14.5 Å². The molecular weight excluding hydrogens is 512 g/mol. The third kappa shape index (κ3) is 5.18. The summed E-state index contributed by atoms with van der Waals surface area (Å²) in [5.41, 5.74) is 5.84. The number of hydrogen-bond donors (Lipinski definition) is 1. The van der Waals surface area contributed by atoms with Crippen molar-refractivity contribution in [2.24, 2.45) is 5.92 Å². The molecule has 0 aliphatic rings. The lowest BCUT2D eigenvalue weighted by molar-refractivity contribution is 0.512. The molecule has 0 bridgehead atoms. The molecule has 6 rings (SSSR count). The van der Waals surface area contributed by atoms with Crippen molar-refractivity contribution in [1.29, 1.82) is 0 Å². The molecule has 42 heavy (non-hydrogen) atoms. The summed E-state index contributed by atoms with van der Waals surface area (Å²) in [6.07, 6.45) is 4.49. The van der Waals surface area contributed by atoms with E-state index in [1.807, 2.05) is 0 Å². The predicted octanol–water partition coefficient (Wildman–Crippen LogP) is 9.38. The summed E-state index contributed by atoms with van der Waals surface area (Å²) in [5.74, 6) is 2.45. The van der Waals surface area contributed by atoms with Gasteiger partial charge in [0.25, 0.3) is 0 Å². The number of fused-ring (bicyclic) bond motifs is 3. The molecule has 0 radical (unpaired) electrons. The zero-order valence-electron chi connectivity index (χ0n) is 24.9. The molecule has 4 nitrogen and oxygen atoms in total. The van der Waals surface area contributed by atoms with Gasteiger partial charge in [-0.15, -0.1) is 0 Å². The first-order valence-corrected chi connectivity index (χ1v) is 15.3. The van der Waals surface area contributed by atoms with Crippen molar-refractivity contribution < 1.29 is 0 Å². The molecule has 4 heteroatoms. The summed E-state index contributed by atoms with van der Waals surface area (Å²) in [7, 11) is 0. The average Bonchev–Trinajstić information content (AvgIpc) is 3.39. The second-order valence-electron chi connectivity index (χ2n) is 11.6. The molecule has 2 aromatic heterocycles. The number of pyridine rings is 1. The molecule has 0 atom stereocenters. The third-order valence-corrected chi connectivity index (χ3v) is 8.14. The Labute approximate surface area is 249 Å². The molecule has 0 fully saturated rings. The lowest BCUT2D eigenvalue weighted by Crippen LogP contribution is -2.38. The van der Waals surface area contributed by atoms with Crippen LogP contribution in [0, 0.1) is 5.92 Å². The van der Waals surface area contributed by atoms with Crippen molar-refractivity contribution in [2.75, 3.05) is 5.32 Å². The highest BCUT2D eigenvalue weighted by molar-refractivity contribution is 6.07.